The summed E-state index contributed by atoms with van der Waals surface area (Å²) in [6.45, 7) is 5.18. The maximum Gasteiger partial charge on any atom is 0.243 e. The summed E-state index contributed by atoms with van der Waals surface area (Å²) in [7, 11) is -3.93. The molecule has 1 aromatic rings. The third kappa shape index (κ3) is 3.54. The van der Waals surface area contributed by atoms with Gasteiger partial charge in [-0.15, -0.1) is 6.58 Å². The molecule has 0 fully saturated rings. The molecule has 0 aliphatic carbocycles. The summed E-state index contributed by atoms with van der Waals surface area (Å²) < 4.78 is 40.2. The first-order chi connectivity index (χ1) is 8.27. The Hall–Kier alpha value is -0.920. The summed E-state index contributed by atoms with van der Waals surface area (Å²) in [5.74, 6) is -0.852. The van der Waals surface area contributed by atoms with Gasteiger partial charge in [0.15, 0.2) is 0 Å². The average molecular weight is 337 g/mol. The smallest absolute Gasteiger partial charge is 0.243 e. The van der Waals surface area contributed by atoms with Crippen LogP contribution in [0.15, 0.2) is 34.2 Å². The van der Waals surface area contributed by atoms with E-state index in [0.717, 1.165) is 12.1 Å². The number of nitrogens with two attached hydrogens (primary N) is 1. The molecule has 4 nitrogen and oxygen atoms in total. The molecule has 0 saturated carbocycles. The lowest BCUT2D eigenvalue weighted by Gasteiger charge is -2.13. The van der Waals surface area contributed by atoms with Gasteiger partial charge in [-0.05, 0) is 41.4 Å². The molecule has 0 heterocycles. The van der Waals surface area contributed by atoms with Crippen molar-refractivity contribution in [2.45, 2.75) is 24.3 Å². The molecule has 0 saturated heterocycles. The Labute approximate surface area is 114 Å². The topological polar surface area (TPSA) is 72.2 Å². The van der Waals surface area contributed by atoms with Crippen LogP contribution in [0, 0.1) is 5.82 Å². The summed E-state index contributed by atoms with van der Waals surface area (Å²) in [4.78, 5) is -0.459. The molecule has 0 aliphatic heterocycles. The van der Waals surface area contributed by atoms with Crippen LogP contribution in [0.4, 0.5) is 10.1 Å². The van der Waals surface area contributed by atoms with Crippen molar-refractivity contribution in [3.8, 4) is 0 Å². The zero-order chi connectivity index (χ0) is 13.9. The second kappa shape index (κ2) is 5.81. The third-order valence-electron chi connectivity index (χ3n) is 2.22. The van der Waals surface area contributed by atoms with E-state index < -0.39 is 20.7 Å². The molecule has 0 radical (unpaired) electrons. The minimum absolute atomic E-state index is 0.160. The lowest BCUT2D eigenvalue weighted by molar-refractivity contribution is 0.543. The van der Waals surface area contributed by atoms with Crippen molar-refractivity contribution >= 4 is 31.6 Å². The standard InChI is InChI=1S/C11H14BrFN2O2S/c1-3-4-7(2)15-18(16,17)11-6-10(14)8(12)5-9(11)13/h3,5-7,15H,1,4,14H2,2H3. The molecule has 0 bridgehead atoms. The summed E-state index contributed by atoms with van der Waals surface area (Å²) in [6, 6.07) is 1.75. The molecular formula is C11H14BrFN2O2S. The van der Waals surface area contributed by atoms with Gasteiger partial charge in [-0.1, -0.05) is 6.08 Å². The number of benzene rings is 1. The molecule has 1 rings (SSSR count). The first-order valence-corrected chi connectivity index (χ1v) is 7.43. The van der Waals surface area contributed by atoms with Crippen LogP contribution in [0.5, 0.6) is 0 Å². The van der Waals surface area contributed by atoms with Crippen molar-refractivity contribution in [1.82, 2.24) is 4.72 Å². The Morgan fingerprint density at radius 3 is 2.78 bits per heavy atom. The SMILES string of the molecule is C=CCC(C)NS(=O)(=O)c1cc(N)c(Br)cc1F. The number of halogens is 2. The number of sulfonamides is 1. The fourth-order valence-electron chi connectivity index (χ4n) is 1.38. The summed E-state index contributed by atoms with van der Waals surface area (Å²) in [5, 5.41) is 0. The summed E-state index contributed by atoms with van der Waals surface area (Å²) in [5.41, 5.74) is 5.71. The maximum absolute atomic E-state index is 13.6. The predicted octanol–water partition coefficient (Wildman–Crippen LogP) is 2.41. The molecule has 1 atom stereocenters. The van der Waals surface area contributed by atoms with Gasteiger partial charge in [0.1, 0.15) is 10.7 Å². The van der Waals surface area contributed by atoms with E-state index in [-0.39, 0.29) is 11.7 Å². The highest BCUT2D eigenvalue weighted by molar-refractivity contribution is 9.10. The first kappa shape index (κ1) is 15.1. The highest BCUT2D eigenvalue weighted by Crippen LogP contribution is 2.26. The first-order valence-electron chi connectivity index (χ1n) is 5.15. The fraction of sp³-hybridized carbons (Fsp3) is 0.273. The Kier molecular flexibility index (Phi) is 4.89. The van der Waals surface area contributed by atoms with Crippen LogP contribution < -0.4 is 10.5 Å². The van der Waals surface area contributed by atoms with Crippen molar-refractivity contribution in [2.24, 2.45) is 0 Å². The largest absolute Gasteiger partial charge is 0.398 e. The van der Waals surface area contributed by atoms with Gasteiger partial charge in [0, 0.05) is 16.2 Å². The molecule has 0 aromatic heterocycles. The van der Waals surface area contributed by atoms with Crippen LogP contribution >= 0.6 is 15.9 Å². The zero-order valence-electron chi connectivity index (χ0n) is 9.78. The summed E-state index contributed by atoms with van der Waals surface area (Å²) >= 11 is 3.03. The molecule has 0 aliphatic rings. The van der Waals surface area contributed by atoms with Gasteiger partial charge in [-0.2, -0.15) is 0 Å². The number of anilines is 1. The molecule has 1 unspecified atom stereocenters. The van der Waals surface area contributed by atoms with Crippen LogP contribution in [0.3, 0.4) is 0 Å². The predicted molar refractivity (Wildman–Crippen MR) is 73.1 cm³/mol. The van der Waals surface area contributed by atoms with Gasteiger partial charge in [0.05, 0.1) is 0 Å². The zero-order valence-corrected chi connectivity index (χ0v) is 12.2. The number of nitrogens with one attached hydrogen (secondary N) is 1. The Bertz CT molecular complexity index is 560. The van der Waals surface area contributed by atoms with Crippen LogP contribution in [0.1, 0.15) is 13.3 Å². The number of rotatable bonds is 5. The number of nitrogen functional groups attached to an aromatic ring is 1. The van der Waals surface area contributed by atoms with Crippen molar-refractivity contribution < 1.29 is 12.8 Å². The molecule has 1 aromatic carbocycles. The summed E-state index contributed by atoms with van der Waals surface area (Å²) in [6.07, 6.45) is 2.03. The van der Waals surface area contributed by atoms with E-state index >= 15 is 0 Å². The Morgan fingerprint density at radius 1 is 1.61 bits per heavy atom. The fourth-order valence-corrected chi connectivity index (χ4v) is 3.04. The third-order valence-corrected chi connectivity index (χ3v) is 4.51. The number of hydrogen-bond donors (Lipinski definition) is 2. The van der Waals surface area contributed by atoms with E-state index in [4.69, 9.17) is 5.73 Å². The highest BCUT2D eigenvalue weighted by Gasteiger charge is 2.22. The van der Waals surface area contributed by atoms with Gasteiger partial charge in [0.25, 0.3) is 0 Å². The van der Waals surface area contributed by atoms with Crippen LogP contribution in [-0.4, -0.2) is 14.5 Å². The van der Waals surface area contributed by atoms with Gasteiger partial charge in [-0.25, -0.2) is 17.5 Å². The maximum atomic E-state index is 13.6. The number of hydrogen-bond acceptors (Lipinski definition) is 3. The average Bonchev–Trinajstić information content (AvgIpc) is 2.22. The molecule has 18 heavy (non-hydrogen) atoms. The van der Waals surface area contributed by atoms with E-state index in [9.17, 15) is 12.8 Å². The van der Waals surface area contributed by atoms with E-state index in [1.54, 1.807) is 13.0 Å². The Morgan fingerprint density at radius 2 is 2.22 bits per heavy atom. The lowest BCUT2D eigenvalue weighted by atomic mass is 10.3. The van der Waals surface area contributed by atoms with Crippen molar-refractivity contribution in [2.75, 3.05) is 5.73 Å². The van der Waals surface area contributed by atoms with Crippen molar-refractivity contribution in [3.05, 3.63) is 35.1 Å². The van der Waals surface area contributed by atoms with Gasteiger partial charge in [-0.3, -0.25) is 0 Å². The van der Waals surface area contributed by atoms with E-state index in [1.165, 1.54) is 0 Å². The van der Waals surface area contributed by atoms with E-state index in [2.05, 4.69) is 27.2 Å². The molecular weight excluding hydrogens is 323 g/mol. The lowest BCUT2D eigenvalue weighted by Crippen LogP contribution is -2.32. The van der Waals surface area contributed by atoms with Crippen LogP contribution in [0.25, 0.3) is 0 Å². The molecule has 100 valence electrons. The second-order valence-corrected chi connectivity index (χ2v) is 6.39. The quantitative estimate of drug-likeness (QED) is 0.640. The second-order valence-electron chi connectivity index (χ2n) is 3.85. The van der Waals surface area contributed by atoms with Gasteiger partial charge in [0.2, 0.25) is 10.0 Å². The van der Waals surface area contributed by atoms with E-state index in [1.807, 2.05) is 0 Å². The van der Waals surface area contributed by atoms with E-state index in [0.29, 0.717) is 10.9 Å². The van der Waals surface area contributed by atoms with Crippen molar-refractivity contribution in [3.63, 3.8) is 0 Å². The normalized spacial score (nSPS) is 13.3. The van der Waals surface area contributed by atoms with Crippen molar-refractivity contribution in [1.29, 1.82) is 0 Å². The van der Waals surface area contributed by atoms with Crippen LogP contribution in [0.2, 0.25) is 0 Å². The van der Waals surface area contributed by atoms with Gasteiger partial charge < -0.3 is 5.73 Å². The minimum atomic E-state index is -3.93. The molecule has 0 spiro atoms. The minimum Gasteiger partial charge on any atom is -0.398 e. The van der Waals surface area contributed by atoms with Gasteiger partial charge >= 0.3 is 0 Å². The molecule has 3 N–H and O–H groups in total. The molecule has 7 heteroatoms. The highest BCUT2D eigenvalue weighted by atomic mass is 79.9. The molecule has 0 amide bonds. The van der Waals surface area contributed by atoms with Crippen LogP contribution in [-0.2, 0) is 10.0 Å². The Balaban J connectivity index is 3.13. The monoisotopic (exact) mass is 336 g/mol.